The first-order valence-corrected chi connectivity index (χ1v) is 25.9. The zero-order valence-electron chi connectivity index (χ0n) is 46.0. The second-order valence-electron chi connectivity index (χ2n) is 23.5. The number of ether oxygens (including phenoxy) is 1. The second-order valence-corrected chi connectivity index (χ2v) is 23.5. The van der Waals surface area contributed by atoms with Crippen molar-refractivity contribution in [1.82, 2.24) is 9.55 Å². The van der Waals surface area contributed by atoms with Crippen LogP contribution in [0.1, 0.15) is 104 Å². The number of fused-ring (bicyclic) bond motifs is 4. The first-order valence-electron chi connectivity index (χ1n) is 25.9. The molecule has 384 valence electrons. The van der Waals surface area contributed by atoms with Crippen LogP contribution in [0.15, 0.2) is 188 Å². The standard InChI is InChI=1S/C69H65N4O.CH3.Pt/c1-66(2,3)51-33-34-70-65(40-51)73-61-30-22-21-29-57(61)58-32-31-55(42-62(58)73)74-56-38-49(47-25-17-13-18-26-47)37-54(41-56)72-45-71(63-43-59(67(4,5)6)60(44-64(63)72)68(7,8)9)53-36-48(46-23-15-12-16-24-46)35-52(39-53)69(10,11)50-27-19-14-20-28-50;;/h12-40,43-45H,1-11H3;1H3;/q-3;-1;+4. The van der Waals surface area contributed by atoms with Crippen LogP contribution in [-0.4, -0.2) is 9.55 Å². The topological polar surface area (TPSA) is 33.5 Å². The van der Waals surface area contributed by atoms with Crippen LogP contribution < -0.4 is 14.5 Å². The Morgan fingerprint density at radius 2 is 1.04 bits per heavy atom. The number of para-hydroxylation sites is 1. The molecule has 0 saturated carbocycles. The zero-order chi connectivity index (χ0) is 51.7. The maximum atomic E-state index is 7.02. The summed E-state index contributed by atoms with van der Waals surface area (Å²) in [5, 5.41) is 2.22. The van der Waals surface area contributed by atoms with E-state index in [1.165, 1.54) is 33.4 Å². The van der Waals surface area contributed by atoms with Gasteiger partial charge in [-0.1, -0.05) is 197 Å². The van der Waals surface area contributed by atoms with E-state index in [0.29, 0.717) is 11.5 Å². The van der Waals surface area contributed by atoms with Gasteiger partial charge in [-0.25, -0.2) is 4.98 Å². The van der Waals surface area contributed by atoms with E-state index in [2.05, 4.69) is 285 Å². The molecular weight excluding hydrogens is 1110 g/mol. The number of hydrogen-bond donors (Lipinski definition) is 0. The maximum Gasteiger partial charge on any atom is 4.00 e. The molecule has 0 radical (unpaired) electrons. The monoisotopic (exact) mass is 1180 g/mol. The van der Waals surface area contributed by atoms with Crippen molar-refractivity contribution < 1.29 is 25.8 Å². The van der Waals surface area contributed by atoms with Gasteiger partial charge in [0.1, 0.15) is 5.82 Å². The van der Waals surface area contributed by atoms with Gasteiger partial charge in [-0.2, -0.15) is 6.07 Å². The van der Waals surface area contributed by atoms with Crippen LogP contribution in [0.4, 0.5) is 22.7 Å². The van der Waals surface area contributed by atoms with Gasteiger partial charge in [0.2, 0.25) is 0 Å². The molecule has 0 unspecified atom stereocenters. The van der Waals surface area contributed by atoms with Crippen molar-refractivity contribution in [2.24, 2.45) is 0 Å². The second kappa shape index (κ2) is 20.4. The zero-order valence-corrected chi connectivity index (χ0v) is 48.3. The first kappa shape index (κ1) is 53.6. The van der Waals surface area contributed by atoms with E-state index in [1.807, 2.05) is 12.3 Å². The Morgan fingerprint density at radius 3 is 1.66 bits per heavy atom. The number of anilines is 4. The van der Waals surface area contributed by atoms with Crippen LogP contribution >= 0.6 is 0 Å². The summed E-state index contributed by atoms with van der Waals surface area (Å²) in [6.45, 7) is 27.6. The molecular formula is C70H68N4OPt. The summed E-state index contributed by atoms with van der Waals surface area (Å²) in [4.78, 5) is 9.63. The first-order chi connectivity index (χ1) is 35.3. The van der Waals surface area contributed by atoms with Crippen LogP contribution in [0.3, 0.4) is 0 Å². The molecule has 0 aliphatic carbocycles. The van der Waals surface area contributed by atoms with Crippen molar-refractivity contribution in [3.05, 3.63) is 242 Å². The Bertz CT molecular complexity index is 3710. The van der Waals surface area contributed by atoms with Crippen molar-refractivity contribution in [3.63, 3.8) is 0 Å². The van der Waals surface area contributed by atoms with Gasteiger partial charge in [-0.15, -0.1) is 53.6 Å². The Hall–Kier alpha value is -7.20. The fraction of sp³-hybridized carbons (Fsp3) is 0.214. The predicted molar refractivity (Wildman–Crippen MR) is 316 cm³/mol. The minimum atomic E-state index is -0.291. The Balaban J connectivity index is 0.00000353. The molecule has 2 aromatic heterocycles. The predicted octanol–water partition coefficient (Wildman–Crippen LogP) is 19.0. The largest absolute Gasteiger partial charge is 4.00 e. The van der Waals surface area contributed by atoms with E-state index in [9.17, 15) is 0 Å². The van der Waals surface area contributed by atoms with Crippen molar-refractivity contribution >= 4 is 44.6 Å². The summed E-state index contributed by atoms with van der Waals surface area (Å²) in [7, 11) is 0. The number of benzene rings is 8. The Morgan fingerprint density at radius 1 is 0.461 bits per heavy atom. The summed E-state index contributed by atoms with van der Waals surface area (Å²) in [5.74, 6) is 2.02. The summed E-state index contributed by atoms with van der Waals surface area (Å²) < 4.78 is 9.23. The third-order valence-corrected chi connectivity index (χ3v) is 14.8. The summed E-state index contributed by atoms with van der Waals surface area (Å²) in [5.41, 5.74) is 16.2. The molecule has 0 N–H and O–H groups in total. The molecule has 3 heterocycles. The molecule has 5 nitrogen and oxygen atoms in total. The molecule has 0 fully saturated rings. The minimum absolute atomic E-state index is 0. The molecule has 10 aromatic rings. The number of rotatable bonds is 9. The van der Waals surface area contributed by atoms with Crippen LogP contribution in [-0.2, 0) is 42.7 Å². The molecule has 0 spiro atoms. The third kappa shape index (κ3) is 10.1. The fourth-order valence-corrected chi connectivity index (χ4v) is 10.6. The van der Waals surface area contributed by atoms with Gasteiger partial charge in [0.25, 0.3) is 0 Å². The quantitative estimate of drug-likeness (QED) is 0.135. The van der Waals surface area contributed by atoms with E-state index in [0.717, 1.165) is 67.1 Å². The molecule has 1 aliphatic rings. The number of aromatic nitrogens is 2. The summed E-state index contributed by atoms with van der Waals surface area (Å²) >= 11 is 0. The van der Waals surface area contributed by atoms with E-state index < -0.39 is 0 Å². The third-order valence-electron chi connectivity index (χ3n) is 14.8. The number of pyridine rings is 1. The van der Waals surface area contributed by atoms with E-state index >= 15 is 0 Å². The molecule has 8 aromatic carbocycles. The van der Waals surface area contributed by atoms with Crippen molar-refractivity contribution in [1.29, 1.82) is 0 Å². The van der Waals surface area contributed by atoms with Crippen molar-refractivity contribution in [2.45, 2.75) is 97.8 Å². The Labute approximate surface area is 466 Å². The van der Waals surface area contributed by atoms with Gasteiger partial charge in [-0.05, 0) is 109 Å². The van der Waals surface area contributed by atoms with E-state index in [1.54, 1.807) is 0 Å². The van der Waals surface area contributed by atoms with Crippen molar-refractivity contribution in [2.75, 3.05) is 9.80 Å². The SMILES string of the molecule is CC(C)(C)c1ccnc(-n2c3[c-]c(Oc4[c-]c(N5[CH-]N(c6cc(-c7ccccc7)cc(C(C)(C)c7ccccc7)c6)c6cc(C(C)(C)C)c(C(C)(C)C)cc65)cc(-c5ccccc5)c4)ccc3c3ccccc32)c1.[CH3-].[Pt+4]. The smallest absolute Gasteiger partial charge is 0.509 e. The van der Waals surface area contributed by atoms with E-state index in [-0.39, 0.29) is 50.2 Å². The number of nitrogens with zero attached hydrogens (tertiary/aromatic N) is 4. The minimum Gasteiger partial charge on any atom is -0.509 e. The molecule has 0 atom stereocenters. The Kier molecular flexibility index (Phi) is 14.4. The number of hydrogen-bond acceptors (Lipinski definition) is 4. The van der Waals surface area contributed by atoms with Gasteiger partial charge in [0, 0.05) is 45.7 Å². The molecule has 1 aliphatic heterocycles. The average Bonchev–Trinajstić information content (AvgIpc) is 3.98. The molecule has 0 amide bonds. The summed E-state index contributed by atoms with van der Waals surface area (Å²) in [6.07, 6.45) is 1.91. The van der Waals surface area contributed by atoms with Gasteiger partial charge in [0.15, 0.2) is 0 Å². The van der Waals surface area contributed by atoms with Gasteiger partial charge >= 0.3 is 21.1 Å². The maximum absolute atomic E-state index is 7.02. The summed E-state index contributed by atoms with van der Waals surface area (Å²) in [6, 6.07) is 73.0. The molecule has 0 saturated heterocycles. The van der Waals surface area contributed by atoms with Crippen LogP contribution in [0.25, 0.3) is 49.9 Å². The van der Waals surface area contributed by atoms with Gasteiger partial charge in [-0.3, -0.25) is 0 Å². The van der Waals surface area contributed by atoms with E-state index in [4.69, 9.17) is 9.72 Å². The van der Waals surface area contributed by atoms with Gasteiger partial charge < -0.3 is 26.5 Å². The molecule has 11 rings (SSSR count). The fourth-order valence-electron chi connectivity index (χ4n) is 10.6. The van der Waals surface area contributed by atoms with Gasteiger partial charge in [0.05, 0.1) is 0 Å². The average molecular weight is 1180 g/mol. The van der Waals surface area contributed by atoms with Crippen LogP contribution in [0.5, 0.6) is 11.5 Å². The normalized spacial score (nSPS) is 12.9. The molecule has 0 bridgehead atoms. The molecule has 76 heavy (non-hydrogen) atoms. The van der Waals surface area contributed by atoms with Crippen LogP contribution in [0, 0.1) is 26.2 Å². The van der Waals surface area contributed by atoms with Crippen molar-refractivity contribution in [3.8, 4) is 39.6 Å². The van der Waals surface area contributed by atoms with Crippen LogP contribution in [0.2, 0.25) is 0 Å². The molecule has 6 heteroatoms.